The van der Waals surface area contributed by atoms with Crippen LogP contribution in [0.3, 0.4) is 0 Å². The quantitative estimate of drug-likeness (QED) is 0.575. The Morgan fingerprint density at radius 1 is 1.09 bits per heavy atom. The van der Waals surface area contributed by atoms with Gasteiger partial charge in [0.15, 0.2) is 5.78 Å². The van der Waals surface area contributed by atoms with Gasteiger partial charge in [0.2, 0.25) is 0 Å². The molecule has 2 aromatic rings. The largest absolute Gasteiger partial charge is 0.546 e. The first-order valence-corrected chi connectivity index (χ1v) is 6.88. The van der Waals surface area contributed by atoms with Crippen molar-refractivity contribution in [2.45, 2.75) is 0 Å². The molecule has 0 amide bonds. The van der Waals surface area contributed by atoms with Crippen LogP contribution in [-0.2, 0) is 4.79 Å². The summed E-state index contributed by atoms with van der Waals surface area (Å²) in [4.78, 5) is 22.4. The average Bonchev–Trinajstić information content (AvgIpc) is 2.58. The molecule has 23 heavy (non-hydrogen) atoms. The van der Waals surface area contributed by atoms with Gasteiger partial charge in [0.05, 0.1) is 13.1 Å². The lowest BCUT2D eigenvalue weighted by Crippen LogP contribution is -2.28. The van der Waals surface area contributed by atoms with Crippen LogP contribution in [0.4, 0.5) is 0 Å². The van der Waals surface area contributed by atoms with E-state index in [2.05, 4.69) is 0 Å². The first-order valence-electron chi connectivity index (χ1n) is 6.88. The van der Waals surface area contributed by atoms with Gasteiger partial charge in [-0.3, -0.25) is 4.79 Å². The SMILES string of the molecule is COc1ccccc1/C=C/C(=O)c1ccc(OCC(=O)[O-])cc1. The van der Waals surface area contributed by atoms with Crippen LogP contribution >= 0.6 is 0 Å². The molecule has 0 atom stereocenters. The van der Waals surface area contributed by atoms with Crippen molar-refractivity contribution in [3.8, 4) is 11.5 Å². The van der Waals surface area contributed by atoms with Crippen molar-refractivity contribution >= 4 is 17.8 Å². The fourth-order valence-corrected chi connectivity index (χ4v) is 1.92. The molecule has 0 saturated carbocycles. The van der Waals surface area contributed by atoms with Gasteiger partial charge in [-0.2, -0.15) is 0 Å². The van der Waals surface area contributed by atoms with Gasteiger partial charge in [-0.1, -0.05) is 18.2 Å². The van der Waals surface area contributed by atoms with Crippen molar-refractivity contribution in [2.75, 3.05) is 13.7 Å². The molecule has 0 saturated heterocycles. The Kier molecular flexibility index (Phi) is 5.52. The summed E-state index contributed by atoms with van der Waals surface area (Å²) in [5.74, 6) is -0.436. The van der Waals surface area contributed by atoms with Crippen molar-refractivity contribution in [3.63, 3.8) is 0 Å². The number of aliphatic carboxylic acids is 1. The maximum absolute atomic E-state index is 12.1. The van der Waals surface area contributed by atoms with Crippen LogP contribution in [-0.4, -0.2) is 25.5 Å². The predicted octanol–water partition coefficient (Wildman–Crippen LogP) is 1.72. The van der Waals surface area contributed by atoms with Gasteiger partial charge in [0, 0.05) is 11.1 Å². The third kappa shape index (κ3) is 4.71. The molecule has 118 valence electrons. The van der Waals surface area contributed by atoms with Gasteiger partial charge in [-0.15, -0.1) is 0 Å². The minimum absolute atomic E-state index is 0.178. The molecular formula is C18H15O5-. The van der Waals surface area contributed by atoms with Crippen molar-refractivity contribution in [2.24, 2.45) is 0 Å². The molecule has 0 heterocycles. The molecule has 0 aliphatic carbocycles. The molecule has 0 fully saturated rings. The van der Waals surface area contributed by atoms with E-state index >= 15 is 0 Å². The van der Waals surface area contributed by atoms with Crippen LogP contribution < -0.4 is 14.6 Å². The third-order valence-electron chi connectivity index (χ3n) is 3.05. The van der Waals surface area contributed by atoms with Gasteiger partial charge < -0.3 is 19.4 Å². The van der Waals surface area contributed by atoms with E-state index in [0.29, 0.717) is 17.1 Å². The highest BCUT2D eigenvalue weighted by Crippen LogP contribution is 2.19. The van der Waals surface area contributed by atoms with E-state index in [1.807, 2.05) is 24.3 Å². The van der Waals surface area contributed by atoms with Gasteiger partial charge >= 0.3 is 0 Å². The van der Waals surface area contributed by atoms with E-state index in [1.54, 1.807) is 25.3 Å². The van der Waals surface area contributed by atoms with Crippen LogP contribution in [0.5, 0.6) is 11.5 Å². The summed E-state index contributed by atoms with van der Waals surface area (Å²) >= 11 is 0. The van der Waals surface area contributed by atoms with E-state index < -0.39 is 12.6 Å². The standard InChI is InChI=1S/C18H16O5/c1-22-17-5-3-2-4-14(17)8-11-16(19)13-6-9-15(10-7-13)23-12-18(20)21/h2-11H,12H2,1H3,(H,20,21)/p-1/b11-8+. The topological polar surface area (TPSA) is 75.7 Å². The van der Waals surface area contributed by atoms with Gasteiger partial charge in [0.1, 0.15) is 18.1 Å². The van der Waals surface area contributed by atoms with Crippen LogP contribution in [0, 0.1) is 0 Å². The number of ketones is 1. The zero-order valence-corrected chi connectivity index (χ0v) is 12.5. The maximum atomic E-state index is 12.1. The number of carbonyl (C=O) groups excluding carboxylic acids is 2. The molecule has 0 aromatic heterocycles. The lowest BCUT2D eigenvalue weighted by Gasteiger charge is -2.06. The normalized spacial score (nSPS) is 10.5. The summed E-state index contributed by atoms with van der Waals surface area (Å²) in [6.07, 6.45) is 3.14. The number of benzene rings is 2. The summed E-state index contributed by atoms with van der Waals surface area (Å²) in [7, 11) is 1.57. The van der Waals surface area contributed by atoms with E-state index in [-0.39, 0.29) is 5.78 Å². The smallest absolute Gasteiger partial charge is 0.185 e. The molecule has 5 nitrogen and oxygen atoms in total. The molecule has 5 heteroatoms. The monoisotopic (exact) mass is 311 g/mol. The molecule has 0 aliphatic heterocycles. The lowest BCUT2D eigenvalue weighted by molar-refractivity contribution is -0.307. The predicted molar refractivity (Wildman–Crippen MR) is 83.3 cm³/mol. The second-order valence-electron chi connectivity index (χ2n) is 4.62. The minimum atomic E-state index is -1.30. The number of ether oxygens (including phenoxy) is 2. The summed E-state index contributed by atoms with van der Waals surface area (Å²) in [6.45, 7) is -0.527. The fourth-order valence-electron chi connectivity index (χ4n) is 1.92. The number of methoxy groups -OCH3 is 1. The number of para-hydroxylation sites is 1. The fraction of sp³-hybridized carbons (Fsp3) is 0.111. The van der Waals surface area contributed by atoms with Gasteiger partial charge in [-0.05, 0) is 42.5 Å². The van der Waals surface area contributed by atoms with E-state index in [0.717, 1.165) is 5.56 Å². The van der Waals surface area contributed by atoms with Crippen molar-refractivity contribution < 1.29 is 24.2 Å². The Balaban J connectivity index is 2.05. The number of allylic oxidation sites excluding steroid dienone is 1. The Morgan fingerprint density at radius 2 is 1.78 bits per heavy atom. The highest BCUT2D eigenvalue weighted by atomic mass is 16.5. The average molecular weight is 311 g/mol. The van der Waals surface area contributed by atoms with Crippen LogP contribution in [0.2, 0.25) is 0 Å². The van der Waals surface area contributed by atoms with E-state index in [1.165, 1.54) is 18.2 Å². The van der Waals surface area contributed by atoms with Gasteiger partial charge in [-0.25, -0.2) is 0 Å². The second kappa shape index (κ2) is 7.79. The van der Waals surface area contributed by atoms with Crippen molar-refractivity contribution in [1.82, 2.24) is 0 Å². The maximum Gasteiger partial charge on any atom is 0.185 e. The number of carboxylic acids is 1. The number of carboxylic acid groups (broad SMARTS) is 1. The molecular weight excluding hydrogens is 296 g/mol. The van der Waals surface area contributed by atoms with Crippen LogP contribution in [0.1, 0.15) is 15.9 Å². The summed E-state index contributed by atoms with van der Waals surface area (Å²) in [5.41, 5.74) is 1.27. The third-order valence-corrected chi connectivity index (χ3v) is 3.05. The highest BCUT2D eigenvalue weighted by molar-refractivity contribution is 6.07. The molecule has 0 aliphatic rings. The Morgan fingerprint density at radius 3 is 2.43 bits per heavy atom. The Bertz CT molecular complexity index is 716. The molecule has 0 N–H and O–H groups in total. The second-order valence-corrected chi connectivity index (χ2v) is 4.62. The van der Waals surface area contributed by atoms with Gasteiger partial charge in [0.25, 0.3) is 0 Å². The summed E-state index contributed by atoms with van der Waals surface area (Å²) in [5, 5.41) is 10.3. The molecule has 2 aromatic carbocycles. The first-order chi connectivity index (χ1) is 11.1. The number of hydrogen-bond donors (Lipinski definition) is 0. The number of carbonyl (C=O) groups is 2. The highest BCUT2D eigenvalue weighted by Gasteiger charge is 2.04. The zero-order valence-electron chi connectivity index (χ0n) is 12.5. The van der Waals surface area contributed by atoms with E-state index in [9.17, 15) is 14.7 Å². The molecule has 2 rings (SSSR count). The molecule has 0 bridgehead atoms. The zero-order chi connectivity index (χ0) is 16.7. The Labute approximate surface area is 133 Å². The molecule has 0 spiro atoms. The molecule has 0 unspecified atom stereocenters. The lowest BCUT2D eigenvalue weighted by atomic mass is 10.1. The van der Waals surface area contributed by atoms with Crippen molar-refractivity contribution in [1.29, 1.82) is 0 Å². The van der Waals surface area contributed by atoms with Crippen LogP contribution in [0.25, 0.3) is 6.08 Å². The van der Waals surface area contributed by atoms with Crippen LogP contribution in [0.15, 0.2) is 54.6 Å². The van der Waals surface area contributed by atoms with E-state index in [4.69, 9.17) is 9.47 Å². The summed E-state index contributed by atoms with van der Waals surface area (Å²) in [6, 6.07) is 13.6. The summed E-state index contributed by atoms with van der Waals surface area (Å²) < 4.78 is 10.2. The Hall–Kier alpha value is -3.08. The minimum Gasteiger partial charge on any atom is -0.546 e. The number of hydrogen-bond acceptors (Lipinski definition) is 5. The molecule has 0 radical (unpaired) electrons. The number of rotatable bonds is 7. The van der Waals surface area contributed by atoms with Crippen molar-refractivity contribution in [3.05, 3.63) is 65.7 Å². The first kappa shape index (κ1) is 16.3.